The molecule has 0 unspecified atom stereocenters. The zero-order valence-corrected chi connectivity index (χ0v) is 19.1. The normalized spacial score (nSPS) is 22.3. The summed E-state index contributed by atoms with van der Waals surface area (Å²) in [5.41, 5.74) is 2.32. The molecule has 0 saturated carbocycles. The van der Waals surface area contributed by atoms with Crippen LogP contribution < -0.4 is 9.96 Å². The molecule has 4 aromatic carbocycles. The molecular weight excluding hydrogens is 480 g/mol. The number of benzene rings is 4. The topological polar surface area (TPSA) is 49.9 Å². The number of amides is 2. The Morgan fingerprint density at radius 1 is 0.697 bits per heavy atom. The Bertz CT molecular complexity index is 1370. The SMILES string of the molecule is O=C1[C@H]2[C@@H](ON(c3ccccc3)[C@H]2c2cccc3ccccc23)C(=O)N1c1ccc(Br)cc1. The van der Waals surface area contributed by atoms with Gasteiger partial charge in [0, 0.05) is 4.47 Å². The van der Waals surface area contributed by atoms with Crippen molar-refractivity contribution in [1.82, 2.24) is 0 Å². The van der Waals surface area contributed by atoms with Crippen LogP contribution >= 0.6 is 15.9 Å². The van der Waals surface area contributed by atoms with E-state index < -0.39 is 18.1 Å². The lowest BCUT2D eigenvalue weighted by Crippen LogP contribution is -2.37. The number of para-hydroxylation sites is 1. The molecule has 0 radical (unpaired) electrons. The summed E-state index contributed by atoms with van der Waals surface area (Å²) >= 11 is 3.41. The van der Waals surface area contributed by atoms with Gasteiger partial charge in [0.25, 0.3) is 5.91 Å². The third-order valence-electron chi connectivity index (χ3n) is 6.35. The minimum atomic E-state index is -0.884. The number of rotatable bonds is 3. The highest BCUT2D eigenvalue weighted by atomic mass is 79.9. The van der Waals surface area contributed by atoms with Crippen LogP contribution in [0.2, 0.25) is 0 Å². The van der Waals surface area contributed by atoms with E-state index in [1.54, 1.807) is 17.2 Å². The Morgan fingerprint density at radius 3 is 2.18 bits per heavy atom. The van der Waals surface area contributed by atoms with Gasteiger partial charge >= 0.3 is 0 Å². The van der Waals surface area contributed by atoms with Crippen molar-refractivity contribution in [1.29, 1.82) is 0 Å². The van der Waals surface area contributed by atoms with E-state index in [0.29, 0.717) is 5.69 Å². The van der Waals surface area contributed by atoms with Gasteiger partial charge in [-0.15, -0.1) is 0 Å². The molecule has 2 saturated heterocycles. The zero-order chi connectivity index (χ0) is 22.5. The molecule has 33 heavy (non-hydrogen) atoms. The number of hydrogen-bond donors (Lipinski definition) is 0. The van der Waals surface area contributed by atoms with Gasteiger partial charge in [-0.25, -0.2) is 9.96 Å². The molecule has 2 amide bonds. The van der Waals surface area contributed by atoms with Crippen molar-refractivity contribution in [3.05, 3.63) is 107 Å². The first-order valence-electron chi connectivity index (χ1n) is 10.8. The number of carbonyl (C=O) groups excluding carboxylic acids is 2. The number of nitrogens with zero attached hydrogens (tertiary/aromatic N) is 2. The van der Waals surface area contributed by atoms with Gasteiger partial charge in [-0.2, -0.15) is 0 Å². The van der Waals surface area contributed by atoms with Crippen LogP contribution in [-0.2, 0) is 14.4 Å². The van der Waals surface area contributed by atoms with Crippen molar-refractivity contribution in [3.63, 3.8) is 0 Å². The van der Waals surface area contributed by atoms with Gasteiger partial charge in [0.1, 0.15) is 5.92 Å². The van der Waals surface area contributed by atoms with Gasteiger partial charge in [0.2, 0.25) is 5.91 Å². The molecule has 6 heteroatoms. The van der Waals surface area contributed by atoms with E-state index in [9.17, 15) is 9.59 Å². The summed E-state index contributed by atoms with van der Waals surface area (Å²) in [6.07, 6.45) is -0.884. The Hall–Kier alpha value is -3.48. The summed E-state index contributed by atoms with van der Waals surface area (Å²) in [5.74, 6) is -1.24. The van der Waals surface area contributed by atoms with Crippen LogP contribution in [0.4, 0.5) is 11.4 Å². The van der Waals surface area contributed by atoms with Crippen LogP contribution in [0.1, 0.15) is 11.6 Å². The summed E-state index contributed by atoms with van der Waals surface area (Å²) < 4.78 is 0.880. The van der Waals surface area contributed by atoms with E-state index in [2.05, 4.69) is 34.1 Å². The lowest BCUT2D eigenvalue weighted by Gasteiger charge is -2.29. The van der Waals surface area contributed by atoms with E-state index in [4.69, 9.17) is 4.84 Å². The van der Waals surface area contributed by atoms with Gasteiger partial charge in [0.15, 0.2) is 6.10 Å². The van der Waals surface area contributed by atoms with E-state index >= 15 is 0 Å². The van der Waals surface area contributed by atoms with Gasteiger partial charge in [-0.3, -0.25) is 14.4 Å². The Balaban J connectivity index is 1.50. The predicted molar refractivity (Wildman–Crippen MR) is 131 cm³/mol. The smallest absolute Gasteiger partial charge is 0.266 e. The molecule has 0 aliphatic carbocycles. The van der Waals surface area contributed by atoms with Gasteiger partial charge in [-0.05, 0) is 52.7 Å². The van der Waals surface area contributed by atoms with E-state index in [0.717, 1.165) is 26.5 Å². The number of hydrogen-bond acceptors (Lipinski definition) is 4. The quantitative estimate of drug-likeness (QED) is 0.342. The second-order valence-electron chi connectivity index (χ2n) is 8.21. The monoisotopic (exact) mass is 498 g/mol. The van der Waals surface area contributed by atoms with E-state index in [-0.39, 0.29) is 11.8 Å². The number of carbonyl (C=O) groups is 2. The highest BCUT2D eigenvalue weighted by Crippen LogP contribution is 2.48. The highest BCUT2D eigenvalue weighted by Gasteiger charge is 2.60. The molecule has 0 spiro atoms. The molecule has 0 aromatic heterocycles. The molecule has 0 N–H and O–H groups in total. The number of halogens is 1. The van der Waals surface area contributed by atoms with Crippen molar-refractivity contribution in [2.45, 2.75) is 12.1 Å². The summed E-state index contributed by atoms with van der Waals surface area (Å²) in [7, 11) is 0. The Labute approximate surface area is 199 Å². The second kappa shape index (κ2) is 7.83. The van der Waals surface area contributed by atoms with Crippen molar-refractivity contribution in [2.75, 3.05) is 9.96 Å². The van der Waals surface area contributed by atoms with Crippen molar-refractivity contribution in [3.8, 4) is 0 Å². The first-order valence-corrected chi connectivity index (χ1v) is 11.5. The van der Waals surface area contributed by atoms with Crippen LogP contribution in [-0.4, -0.2) is 17.9 Å². The third-order valence-corrected chi connectivity index (χ3v) is 6.88. The number of anilines is 2. The fourth-order valence-corrected chi connectivity index (χ4v) is 5.15. The molecule has 5 nitrogen and oxygen atoms in total. The van der Waals surface area contributed by atoms with Crippen LogP contribution in [0, 0.1) is 5.92 Å². The second-order valence-corrected chi connectivity index (χ2v) is 9.13. The minimum Gasteiger partial charge on any atom is -0.273 e. The molecule has 0 bridgehead atoms. The molecule has 6 rings (SSSR count). The molecule has 2 fully saturated rings. The number of fused-ring (bicyclic) bond motifs is 2. The van der Waals surface area contributed by atoms with Crippen LogP contribution in [0.3, 0.4) is 0 Å². The Morgan fingerprint density at radius 2 is 1.39 bits per heavy atom. The lowest BCUT2D eigenvalue weighted by molar-refractivity contribution is -0.126. The van der Waals surface area contributed by atoms with Crippen LogP contribution in [0.5, 0.6) is 0 Å². The molecule has 3 atom stereocenters. The van der Waals surface area contributed by atoms with E-state index in [1.165, 1.54) is 4.90 Å². The molecule has 2 aliphatic heterocycles. The largest absolute Gasteiger partial charge is 0.273 e. The minimum absolute atomic E-state index is 0.247. The molecule has 4 aromatic rings. The van der Waals surface area contributed by atoms with Gasteiger partial charge < -0.3 is 0 Å². The summed E-state index contributed by atoms with van der Waals surface area (Å²) in [5, 5.41) is 3.86. The first kappa shape index (κ1) is 20.1. The third kappa shape index (κ3) is 3.17. The maximum absolute atomic E-state index is 13.8. The molecule has 2 aliphatic rings. The predicted octanol–water partition coefficient (Wildman–Crippen LogP) is 5.65. The fourth-order valence-electron chi connectivity index (χ4n) is 4.88. The van der Waals surface area contributed by atoms with Gasteiger partial charge in [0.05, 0.1) is 17.4 Å². The van der Waals surface area contributed by atoms with Crippen LogP contribution in [0.25, 0.3) is 10.8 Å². The maximum atomic E-state index is 13.8. The standard InChI is InChI=1S/C27H19BrN2O3/c28-18-13-15-19(16-14-18)29-26(31)23-24(22-12-6-8-17-7-4-5-11-21(17)22)30(33-25(23)27(29)32)20-9-2-1-3-10-20/h1-16,23-25H/t23-,24+,25-/m1/s1. The summed E-state index contributed by atoms with van der Waals surface area (Å²) in [6, 6.07) is 30.5. The maximum Gasteiger partial charge on any atom is 0.266 e. The van der Waals surface area contributed by atoms with Crippen LogP contribution in [0.15, 0.2) is 102 Å². The molecule has 2 heterocycles. The zero-order valence-electron chi connectivity index (χ0n) is 17.5. The van der Waals surface area contributed by atoms with Crippen molar-refractivity contribution < 1.29 is 14.4 Å². The number of hydroxylamine groups is 1. The summed E-state index contributed by atoms with van der Waals surface area (Å²) in [6.45, 7) is 0. The summed E-state index contributed by atoms with van der Waals surface area (Å²) in [4.78, 5) is 34.7. The van der Waals surface area contributed by atoms with Crippen molar-refractivity contribution >= 4 is 49.9 Å². The average Bonchev–Trinajstić information content (AvgIpc) is 3.36. The van der Waals surface area contributed by atoms with Crippen molar-refractivity contribution in [2.24, 2.45) is 5.92 Å². The van der Waals surface area contributed by atoms with E-state index in [1.807, 2.05) is 66.7 Å². The molecular formula is C27H19BrN2O3. The average molecular weight is 499 g/mol. The highest BCUT2D eigenvalue weighted by molar-refractivity contribution is 9.10. The lowest BCUT2D eigenvalue weighted by atomic mass is 9.87. The first-order chi connectivity index (χ1) is 16.1. The Kier molecular flexibility index (Phi) is 4.78. The number of imide groups is 1. The van der Waals surface area contributed by atoms with Gasteiger partial charge in [-0.1, -0.05) is 76.6 Å². The fraction of sp³-hybridized carbons (Fsp3) is 0.111. The molecule has 162 valence electrons.